The summed E-state index contributed by atoms with van der Waals surface area (Å²) in [6, 6.07) is 1.77. The fourth-order valence-electron chi connectivity index (χ4n) is 6.63. The second-order valence-corrected chi connectivity index (χ2v) is 33.0. The number of nitrogens with zero attached hydrogens (tertiary/aromatic N) is 7. The summed E-state index contributed by atoms with van der Waals surface area (Å²) < 4.78 is 70.3. The van der Waals surface area contributed by atoms with Crippen molar-refractivity contribution < 1.29 is 45.9 Å². The summed E-state index contributed by atoms with van der Waals surface area (Å²) in [4.78, 5) is 33.4. The van der Waals surface area contributed by atoms with Crippen molar-refractivity contribution in [2.75, 3.05) is 24.7 Å². The first kappa shape index (κ1) is 44.1. The molecule has 0 saturated carbocycles. The third-order valence-electron chi connectivity index (χ3n) is 11.8. The summed E-state index contributed by atoms with van der Waals surface area (Å²) in [6.07, 6.45) is -2.15. The summed E-state index contributed by atoms with van der Waals surface area (Å²) >= 11 is 10.2. The van der Waals surface area contributed by atoms with Crippen LogP contribution in [0.15, 0.2) is 31.2 Å². The van der Waals surface area contributed by atoms with Crippen LogP contribution in [0, 0.1) is 0 Å². The Bertz CT molecular complexity index is 2270. The number of ether oxygens (including phenoxy) is 2. The first-order valence-electron chi connectivity index (χ1n) is 18.8. The lowest BCUT2D eigenvalue weighted by atomic mass is 10.1. The van der Waals surface area contributed by atoms with Crippen LogP contribution in [0.1, 0.15) is 54.0 Å². The first-order valence-corrected chi connectivity index (χ1v) is 29.9. The van der Waals surface area contributed by atoms with Crippen molar-refractivity contribution >= 4 is 88.0 Å². The van der Waals surface area contributed by atoms with Crippen LogP contribution in [0.25, 0.3) is 22.2 Å². The van der Waals surface area contributed by atoms with Gasteiger partial charge in [0.2, 0.25) is 0 Å². The van der Waals surface area contributed by atoms with Gasteiger partial charge in [-0.15, -0.1) is 0 Å². The second-order valence-electron chi connectivity index (χ2n) is 17.8. The van der Waals surface area contributed by atoms with Crippen LogP contribution in [0.2, 0.25) is 36.3 Å². The van der Waals surface area contributed by atoms with Crippen molar-refractivity contribution in [2.24, 2.45) is 0 Å². The third kappa shape index (κ3) is 8.47. The molecule has 3 saturated heterocycles. The highest BCUT2D eigenvalue weighted by molar-refractivity contribution is 8.44. The van der Waals surface area contributed by atoms with Gasteiger partial charge >= 0.3 is 13.5 Å². The SMILES string of the molecule is CC(C)(C)[Si](C)(C)OC1[C@H]2OP(O)(=S)OC[C@H]3O[C@@H](n4ccc5c(N)ncnc54)C(O[Si](C)(C)C(C)(C)C)[C@@H]3OP(=O)(S)OC[C@H]1O[C@H]2n1cnc2c(N)ncnc21. The highest BCUT2D eigenvalue weighted by Gasteiger charge is 2.57. The summed E-state index contributed by atoms with van der Waals surface area (Å²) in [5.74, 6) is 0.436. The number of hydrogen-bond acceptors (Lipinski definition) is 17. The highest BCUT2D eigenvalue weighted by Crippen LogP contribution is 2.59. The van der Waals surface area contributed by atoms with Crippen molar-refractivity contribution in [1.29, 1.82) is 0 Å². The Balaban J connectivity index is 1.30. The van der Waals surface area contributed by atoms with Gasteiger partial charge in [-0.25, -0.2) is 29.5 Å². The minimum Gasteiger partial charge on any atom is -0.408 e. The number of nitrogen functional groups attached to an aromatic ring is 2. The zero-order chi connectivity index (χ0) is 42.4. The van der Waals surface area contributed by atoms with E-state index in [0.717, 1.165) is 0 Å². The van der Waals surface area contributed by atoms with E-state index < -0.39 is 79.2 Å². The number of nitrogens with two attached hydrogens (primary N) is 2. The van der Waals surface area contributed by atoms with Crippen molar-refractivity contribution in [1.82, 2.24) is 34.1 Å². The van der Waals surface area contributed by atoms with Crippen molar-refractivity contribution in [2.45, 2.75) is 127 Å². The number of anilines is 2. The molecule has 7 heterocycles. The second kappa shape index (κ2) is 15.5. The van der Waals surface area contributed by atoms with Crippen molar-refractivity contribution in [3.8, 4) is 0 Å². The number of aromatic nitrogens is 7. The average molecular weight is 918 g/mol. The average Bonchev–Trinajstić information content (AvgIpc) is 3.87. The van der Waals surface area contributed by atoms with E-state index in [1.807, 2.05) is 0 Å². The topological polar surface area (TPSA) is 237 Å². The van der Waals surface area contributed by atoms with Gasteiger partial charge in [-0.05, 0) is 54.1 Å². The summed E-state index contributed by atoms with van der Waals surface area (Å²) in [6.45, 7) is 11.7. The van der Waals surface area contributed by atoms with Crippen molar-refractivity contribution in [3.63, 3.8) is 0 Å². The molecule has 25 heteroatoms. The number of fused-ring (bicyclic) bond motifs is 5. The molecule has 0 spiro atoms. The lowest BCUT2D eigenvalue weighted by Gasteiger charge is -2.41. The lowest BCUT2D eigenvalue weighted by molar-refractivity contribution is -0.0591. The van der Waals surface area contributed by atoms with Gasteiger partial charge in [-0.1, -0.05) is 53.8 Å². The van der Waals surface area contributed by atoms with E-state index in [-0.39, 0.29) is 34.9 Å². The Morgan fingerprint density at radius 3 is 2.05 bits per heavy atom. The van der Waals surface area contributed by atoms with E-state index in [1.165, 1.54) is 19.0 Å². The standard InChI is InChI=1S/C33H53N9O10P2S2Si2/c1-32(2,3)57(7,8)51-23-20-14-46-53(43,55)49-22-19(13-45-54(44,56)50-24(23)30(48-20)42-17-40-21-27(35)37-16-39-29(21)42)47-31(25(22)52-58(9,10)33(4,5)6)41-12-11-18-26(34)36-15-38-28(18)41/h11-12,15-17,19-20,22-25,30-31H,13-14H2,1-10H3,(H,43,55)(H,44,56)(H2,34,36,38)(H2,35,37,39)/t19-,20-,22-,23?,24-,25?,30-,31-,53?,54?/m1/s1. The van der Waals surface area contributed by atoms with E-state index in [2.05, 4.69) is 105 Å². The van der Waals surface area contributed by atoms with Crippen molar-refractivity contribution in [3.05, 3.63) is 31.2 Å². The minimum absolute atomic E-state index is 0.156. The van der Waals surface area contributed by atoms with Gasteiger partial charge < -0.3 is 43.8 Å². The van der Waals surface area contributed by atoms with Gasteiger partial charge in [0.1, 0.15) is 66.3 Å². The lowest BCUT2D eigenvalue weighted by Crippen LogP contribution is -2.50. The minimum atomic E-state index is -4.29. The quantitative estimate of drug-likeness (QED) is 0.0973. The molecule has 320 valence electrons. The summed E-state index contributed by atoms with van der Waals surface area (Å²) in [5.41, 5.74) is 13.5. The number of rotatable bonds is 6. The van der Waals surface area contributed by atoms with E-state index >= 15 is 0 Å². The maximum Gasteiger partial charge on any atom is 0.386 e. The molecule has 0 aliphatic carbocycles. The Morgan fingerprint density at radius 1 is 0.810 bits per heavy atom. The van der Waals surface area contributed by atoms with Crippen LogP contribution in [0.5, 0.6) is 0 Å². The smallest absolute Gasteiger partial charge is 0.386 e. The molecule has 4 aromatic heterocycles. The molecule has 0 amide bonds. The molecule has 10 atom stereocenters. The molecule has 3 aliphatic rings. The number of hydrogen-bond donors (Lipinski definition) is 4. The van der Waals surface area contributed by atoms with Gasteiger partial charge in [0.05, 0.1) is 24.9 Å². The van der Waals surface area contributed by atoms with Crippen LogP contribution in [-0.2, 0) is 52.8 Å². The fraction of sp³-hybridized carbons (Fsp3) is 0.667. The molecule has 0 aromatic carbocycles. The van der Waals surface area contributed by atoms with E-state index in [1.54, 1.807) is 21.4 Å². The fourth-order valence-corrected chi connectivity index (χ4v) is 12.1. The molecule has 3 fully saturated rings. The van der Waals surface area contributed by atoms with Crippen LogP contribution >= 0.6 is 25.8 Å². The Kier molecular flexibility index (Phi) is 11.8. The first-order chi connectivity index (χ1) is 26.8. The van der Waals surface area contributed by atoms with E-state index in [9.17, 15) is 9.46 Å². The van der Waals surface area contributed by atoms with Crippen LogP contribution < -0.4 is 11.5 Å². The monoisotopic (exact) mass is 917 g/mol. The normalized spacial score (nSPS) is 33.2. The molecule has 5 N–H and O–H groups in total. The molecule has 58 heavy (non-hydrogen) atoms. The largest absolute Gasteiger partial charge is 0.408 e. The molecule has 2 bridgehead atoms. The Morgan fingerprint density at radius 2 is 1.40 bits per heavy atom. The molecule has 3 aliphatic heterocycles. The van der Waals surface area contributed by atoms with Gasteiger partial charge in [-0.3, -0.25) is 18.1 Å². The molecule has 4 aromatic rings. The maximum absolute atomic E-state index is 14.5. The molecule has 4 unspecified atom stereocenters. The van der Waals surface area contributed by atoms with Gasteiger partial charge in [-0.2, -0.15) is 0 Å². The predicted octanol–water partition coefficient (Wildman–Crippen LogP) is 6.08. The van der Waals surface area contributed by atoms with Crippen LogP contribution in [0.4, 0.5) is 11.6 Å². The number of imidazole rings is 1. The molecular formula is C33H53N9O10P2S2Si2. The molecular weight excluding hydrogens is 865 g/mol. The van der Waals surface area contributed by atoms with Crippen LogP contribution in [-0.4, -0.2) is 105 Å². The zero-order valence-electron chi connectivity index (χ0n) is 34.1. The number of thiol groups is 1. The van der Waals surface area contributed by atoms with Gasteiger partial charge in [0, 0.05) is 6.20 Å². The van der Waals surface area contributed by atoms with Gasteiger partial charge in [0.25, 0.3) is 0 Å². The summed E-state index contributed by atoms with van der Waals surface area (Å²) in [7, 11) is -5.24. The summed E-state index contributed by atoms with van der Waals surface area (Å²) in [5, 5.41) is 0.0731. The predicted molar refractivity (Wildman–Crippen MR) is 228 cm³/mol. The van der Waals surface area contributed by atoms with E-state index in [0.29, 0.717) is 22.2 Å². The van der Waals surface area contributed by atoms with E-state index in [4.69, 9.17) is 59.7 Å². The Labute approximate surface area is 349 Å². The Hall–Kier alpha value is -1.93. The molecule has 0 radical (unpaired) electrons. The van der Waals surface area contributed by atoms with Gasteiger partial charge in [0.15, 0.2) is 40.6 Å². The third-order valence-corrected chi connectivity index (χ3v) is 24.0. The molecule has 7 rings (SSSR count). The zero-order valence-corrected chi connectivity index (χ0v) is 39.6. The molecule has 19 nitrogen and oxygen atoms in total. The van der Waals surface area contributed by atoms with Crippen LogP contribution in [0.3, 0.4) is 0 Å². The maximum atomic E-state index is 14.5. The highest BCUT2D eigenvalue weighted by atomic mass is 32.7.